The van der Waals surface area contributed by atoms with E-state index in [-0.39, 0.29) is 17.9 Å². The summed E-state index contributed by atoms with van der Waals surface area (Å²) in [4.78, 5) is 10.1. The second-order valence-corrected chi connectivity index (χ2v) is 5.54. The first-order chi connectivity index (χ1) is 11.4. The Kier molecular flexibility index (Phi) is 4.53. The predicted octanol–water partition coefficient (Wildman–Crippen LogP) is -0.794. The monoisotopic (exact) mass is 343 g/mol. The molecule has 0 aliphatic carbocycles. The van der Waals surface area contributed by atoms with Crippen molar-refractivity contribution in [3.63, 3.8) is 0 Å². The van der Waals surface area contributed by atoms with Crippen molar-refractivity contribution in [3.8, 4) is 0 Å². The van der Waals surface area contributed by atoms with Crippen molar-refractivity contribution in [1.82, 2.24) is 0 Å². The Morgan fingerprint density at radius 3 is 2.54 bits per heavy atom. The van der Waals surface area contributed by atoms with E-state index in [2.05, 4.69) is 0 Å². The lowest BCUT2D eigenvalue weighted by Gasteiger charge is -2.48. The minimum Gasteiger partial charge on any atom is -0.387 e. The number of nitro groups is 1. The number of hydrogen-bond donors (Lipinski definition) is 3. The van der Waals surface area contributed by atoms with Crippen LogP contribution in [0.25, 0.3) is 0 Å². The molecule has 10 nitrogen and oxygen atoms in total. The first-order valence-electron chi connectivity index (χ1n) is 7.19. The van der Waals surface area contributed by atoms with E-state index in [1.54, 1.807) is 0 Å². The number of fused-ring (bicyclic) bond motifs is 1. The Labute approximate surface area is 136 Å². The van der Waals surface area contributed by atoms with Gasteiger partial charge in [0.1, 0.15) is 24.4 Å². The molecule has 2 aliphatic rings. The number of ether oxygens (including phenoxy) is 4. The van der Waals surface area contributed by atoms with E-state index in [0.717, 1.165) is 0 Å². The molecule has 2 fully saturated rings. The average molecular weight is 343 g/mol. The molecule has 1 aromatic carbocycles. The van der Waals surface area contributed by atoms with Gasteiger partial charge in [-0.3, -0.25) is 10.1 Å². The highest BCUT2D eigenvalue weighted by Crippen LogP contribution is 2.37. The van der Waals surface area contributed by atoms with Crippen LogP contribution in [-0.4, -0.2) is 64.7 Å². The summed E-state index contributed by atoms with van der Waals surface area (Å²) in [5.74, 6) is -2.22. The lowest BCUT2D eigenvalue weighted by atomic mass is 9.97. The molecule has 24 heavy (non-hydrogen) atoms. The van der Waals surface area contributed by atoms with Crippen molar-refractivity contribution in [2.45, 2.75) is 36.7 Å². The van der Waals surface area contributed by atoms with Gasteiger partial charge in [-0.15, -0.1) is 0 Å². The smallest absolute Gasteiger partial charge is 0.310 e. The summed E-state index contributed by atoms with van der Waals surface area (Å²) < 4.78 is 21.0. The van der Waals surface area contributed by atoms with Gasteiger partial charge < -0.3 is 34.3 Å². The fraction of sp³-hybridized carbons (Fsp3) is 0.571. The average Bonchev–Trinajstić information content (AvgIpc) is 2.58. The molecule has 3 N–H and O–H groups in total. The normalized spacial score (nSPS) is 39.2. The van der Waals surface area contributed by atoms with Crippen molar-refractivity contribution < 1.29 is 39.2 Å². The molecule has 10 heteroatoms. The summed E-state index contributed by atoms with van der Waals surface area (Å²) in [6, 6.07) is 4.94. The highest BCUT2D eigenvalue weighted by Gasteiger charge is 2.53. The predicted molar refractivity (Wildman–Crippen MR) is 75.5 cm³/mol. The maximum Gasteiger partial charge on any atom is 0.310 e. The van der Waals surface area contributed by atoms with Gasteiger partial charge in [0.2, 0.25) is 0 Å². The van der Waals surface area contributed by atoms with Crippen LogP contribution in [0.1, 0.15) is 5.56 Å². The minimum atomic E-state index is -2.22. The Hall–Kier alpha value is -1.66. The molecule has 2 aliphatic heterocycles. The second-order valence-electron chi connectivity index (χ2n) is 5.54. The summed E-state index contributed by atoms with van der Waals surface area (Å²) in [6.07, 6.45) is -5.61. The number of rotatable bonds is 3. The standard InChI is InChI=1S/C14H17NO9/c1-21-13-11(17)10(16)12-9(23-13)6-22-14(18,24-12)7-2-4-8(5-3-7)15(19)20/h2-5,9-13,16-18H,6H2,1H3/t9-,10-,11-,12-,13-,14?/m1/s1. The second kappa shape index (κ2) is 6.33. The molecule has 0 bridgehead atoms. The highest BCUT2D eigenvalue weighted by molar-refractivity contribution is 5.34. The van der Waals surface area contributed by atoms with Gasteiger partial charge in [-0.1, -0.05) is 0 Å². The number of hydrogen-bond acceptors (Lipinski definition) is 9. The van der Waals surface area contributed by atoms with Crippen LogP contribution in [0.15, 0.2) is 24.3 Å². The van der Waals surface area contributed by atoms with E-state index < -0.39 is 41.6 Å². The lowest BCUT2D eigenvalue weighted by molar-refractivity contribution is -0.458. The molecule has 2 heterocycles. The quantitative estimate of drug-likeness (QED) is 0.475. The number of benzene rings is 1. The molecule has 0 amide bonds. The molecule has 0 radical (unpaired) electrons. The zero-order valence-electron chi connectivity index (χ0n) is 12.6. The first kappa shape index (κ1) is 17.2. The number of methoxy groups -OCH3 is 1. The van der Waals surface area contributed by atoms with E-state index in [9.17, 15) is 25.4 Å². The zero-order valence-corrected chi connectivity index (χ0v) is 12.6. The van der Waals surface area contributed by atoms with Crippen LogP contribution >= 0.6 is 0 Å². The minimum absolute atomic E-state index is 0.113. The lowest BCUT2D eigenvalue weighted by Crippen LogP contribution is -2.64. The van der Waals surface area contributed by atoms with Gasteiger partial charge in [0.25, 0.3) is 5.69 Å². The van der Waals surface area contributed by atoms with Crippen LogP contribution in [0.4, 0.5) is 5.69 Å². The summed E-state index contributed by atoms with van der Waals surface area (Å²) in [6.45, 7) is -0.137. The van der Waals surface area contributed by atoms with Crippen LogP contribution in [0.2, 0.25) is 0 Å². The van der Waals surface area contributed by atoms with Gasteiger partial charge in [0.05, 0.1) is 11.5 Å². The third kappa shape index (κ3) is 2.89. The van der Waals surface area contributed by atoms with E-state index in [4.69, 9.17) is 18.9 Å². The number of non-ortho nitro benzene ring substituents is 1. The molecular weight excluding hydrogens is 326 g/mol. The van der Waals surface area contributed by atoms with E-state index >= 15 is 0 Å². The Balaban J connectivity index is 1.81. The van der Waals surface area contributed by atoms with Gasteiger partial charge in [0, 0.05) is 24.8 Å². The summed E-state index contributed by atoms with van der Waals surface area (Å²) >= 11 is 0. The van der Waals surface area contributed by atoms with E-state index in [1.807, 2.05) is 0 Å². The molecular formula is C14H17NO9. The van der Waals surface area contributed by atoms with Crippen LogP contribution in [-0.2, 0) is 24.9 Å². The third-order valence-corrected chi connectivity index (χ3v) is 4.06. The number of aliphatic hydroxyl groups excluding tert-OH is 2. The van der Waals surface area contributed by atoms with Crippen molar-refractivity contribution in [1.29, 1.82) is 0 Å². The first-order valence-corrected chi connectivity index (χ1v) is 7.19. The molecule has 1 unspecified atom stereocenters. The van der Waals surface area contributed by atoms with Gasteiger partial charge in [-0.05, 0) is 12.1 Å². The van der Waals surface area contributed by atoms with Gasteiger partial charge in [-0.25, -0.2) is 0 Å². The fourth-order valence-corrected chi connectivity index (χ4v) is 2.74. The maximum atomic E-state index is 10.7. The summed E-state index contributed by atoms with van der Waals surface area (Å²) in [5.41, 5.74) is -0.0440. The molecule has 6 atom stereocenters. The van der Waals surface area contributed by atoms with Crippen molar-refractivity contribution in [2.24, 2.45) is 0 Å². The van der Waals surface area contributed by atoms with E-state index in [0.29, 0.717) is 0 Å². The van der Waals surface area contributed by atoms with E-state index in [1.165, 1.54) is 31.4 Å². The Morgan fingerprint density at radius 2 is 1.96 bits per heavy atom. The van der Waals surface area contributed by atoms with Gasteiger partial charge in [-0.2, -0.15) is 0 Å². The highest BCUT2D eigenvalue weighted by atomic mass is 16.8. The Bertz CT molecular complexity index is 607. The summed E-state index contributed by atoms with van der Waals surface area (Å²) in [5, 5.41) is 41.3. The van der Waals surface area contributed by atoms with Crippen LogP contribution < -0.4 is 0 Å². The van der Waals surface area contributed by atoms with Crippen LogP contribution in [0.3, 0.4) is 0 Å². The van der Waals surface area contributed by atoms with Crippen molar-refractivity contribution in [3.05, 3.63) is 39.9 Å². The molecule has 0 saturated carbocycles. The number of nitro benzene ring substituents is 1. The fourth-order valence-electron chi connectivity index (χ4n) is 2.74. The molecule has 0 aromatic heterocycles. The summed E-state index contributed by atoms with van der Waals surface area (Å²) in [7, 11) is 1.32. The largest absolute Gasteiger partial charge is 0.387 e. The molecule has 0 spiro atoms. The molecule has 132 valence electrons. The Morgan fingerprint density at radius 1 is 1.29 bits per heavy atom. The number of nitrogens with zero attached hydrogens (tertiary/aromatic N) is 1. The maximum absolute atomic E-state index is 10.7. The number of aliphatic hydroxyl groups is 3. The van der Waals surface area contributed by atoms with Gasteiger partial charge in [0.15, 0.2) is 6.29 Å². The van der Waals surface area contributed by atoms with Crippen molar-refractivity contribution >= 4 is 5.69 Å². The molecule has 2 saturated heterocycles. The molecule has 3 rings (SSSR count). The zero-order chi connectivity index (χ0) is 17.5. The van der Waals surface area contributed by atoms with Crippen molar-refractivity contribution in [2.75, 3.05) is 13.7 Å². The topological polar surface area (TPSA) is 141 Å². The van der Waals surface area contributed by atoms with Crippen LogP contribution in [0, 0.1) is 10.1 Å². The SMILES string of the molecule is CO[C@@H]1O[C@@H]2COC(O)(c3ccc([N+](=O)[O-])cc3)O[C@H]2[C@H](O)[C@H]1O. The third-order valence-electron chi connectivity index (χ3n) is 4.06. The van der Waals surface area contributed by atoms with Crippen LogP contribution in [0.5, 0.6) is 0 Å². The van der Waals surface area contributed by atoms with Gasteiger partial charge >= 0.3 is 5.97 Å². The molecule has 1 aromatic rings.